The molecule has 3 aromatic rings. The summed E-state index contributed by atoms with van der Waals surface area (Å²) in [7, 11) is 0. The molecule has 5 heteroatoms. The molecule has 2 aromatic carbocycles. The molecule has 0 radical (unpaired) electrons. The van der Waals surface area contributed by atoms with Gasteiger partial charge in [-0.2, -0.15) is 0 Å². The van der Waals surface area contributed by atoms with E-state index in [-0.39, 0.29) is 11.7 Å². The predicted octanol–water partition coefficient (Wildman–Crippen LogP) is 4.74. The highest BCUT2D eigenvalue weighted by atomic mass is 35.5. The summed E-state index contributed by atoms with van der Waals surface area (Å²) in [5.41, 5.74) is 8.86. The molecule has 1 heterocycles. The van der Waals surface area contributed by atoms with Crippen molar-refractivity contribution in [2.75, 3.05) is 11.1 Å². The Bertz CT molecular complexity index is 854. The number of carbonyl (C=O) groups excluding carboxylic acids is 1. The van der Waals surface area contributed by atoms with Crippen LogP contribution in [0.25, 0.3) is 11.3 Å². The summed E-state index contributed by atoms with van der Waals surface area (Å²) in [6, 6.07) is 16.0. The number of nitrogens with one attached hydrogen (secondary N) is 1. The number of carbonyl (C=O) groups is 1. The van der Waals surface area contributed by atoms with Gasteiger partial charge in [0.1, 0.15) is 5.76 Å². The van der Waals surface area contributed by atoms with Crippen molar-refractivity contribution in [3.8, 4) is 11.3 Å². The second-order valence-corrected chi connectivity index (χ2v) is 5.65. The highest BCUT2D eigenvalue weighted by Gasteiger charge is 2.13. The van der Waals surface area contributed by atoms with Gasteiger partial charge in [0.05, 0.1) is 11.4 Å². The molecule has 23 heavy (non-hydrogen) atoms. The molecule has 116 valence electrons. The van der Waals surface area contributed by atoms with E-state index in [0.29, 0.717) is 22.2 Å². The molecule has 0 bridgehead atoms. The first-order chi connectivity index (χ1) is 11.0. The van der Waals surface area contributed by atoms with Crippen LogP contribution in [0.1, 0.15) is 16.1 Å². The minimum atomic E-state index is -0.347. The van der Waals surface area contributed by atoms with Crippen LogP contribution in [0.4, 0.5) is 11.4 Å². The molecule has 0 aliphatic heterocycles. The van der Waals surface area contributed by atoms with Gasteiger partial charge in [-0.1, -0.05) is 17.7 Å². The molecule has 0 aliphatic rings. The van der Waals surface area contributed by atoms with Gasteiger partial charge in [-0.3, -0.25) is 4.79 Å². The summed E-state index contributed by atoms with van der Waals surface area (Å²) < 4.78 is 5.61. The molecule has 0 atom stereocenters. The third-order valence-corrected chi connectivity index (χ3v) is 3.67. The number of anilines is 2. The van der Waals surface area contributed by atoms with E-state index in [4.69, 9.17) is 21.8 Å². The third-order valence-electron chi connectivity index (χ3n) is 3.41. The van der Waals surface area contributed by atoms with Crippen molar-refractivity contribution in [3.63, 3.8) is 0 Å². The van der Waals surface area contributed by atoms with Crippen molar-refractivity contribution in [2.45, 2.75) is 6.92 Å². The van der Waals surface area contributed by atoms with E-state index in [0.717, 1.165) is 11.1 Å². The highest BCUT2D eigenvalue weighted by molar-refractivity contribution is 6.30. The van der Waals surface area contributed by atoms with Crippen molar-refractivity contribution >= 4 is 28.9 Å². The first-order valence-electron chi connectivity index (χ1n) is 7.06. The number of rotatable bonds is 3. The smallest absolute Gasteiger partial charge is 0.291 e. The Morgan fingerprint density at radius 2 is 1.83 bits per heavy atom. The van der Waals surface area contributed by atoms with E-state index >= 15 is 0 Å². The normalized spacial score (nSPS) is 10.5. The lowest BCUT2D eigenvalue weighted by atomic mass is 10.2. The van der Waals surface area contributed by atoms with Crippen molar-refractivity contribution in [1.82, 2.24) is 0 Å². The van der Waals surface area contributed by atoms with Gasteiger partial charge in [0.15, 0.2) is 5.76 Å². The second-order valence-electron chi connectivity index (χ2n) is 5.22. The largest absolute Gasteiger partial charge is 0.451 e. The molecule has 1 amide bonds. The van der Waals surface area contributed by atoms with Crippen LogP contribution >= 0.6 is 11.6 Å². The van der Waals surface area contributed by atoms with Crippen LogP contribution in [0.3, 0.4) is 0 Å². The number of nitrogen functional groups attached to an aromatic ring is 1. The maximum Gasteiger partial charge on any atom is 0.291 e. The monoisotopic (exact) mass is 326 g/mol. The molecular weight excluding hydrogens is 312 g/mol. The first-order valence-corrected chi connectivity index (χ1v) is 7.44. The van der Waals surface area contributed by atoms with E-state index in [2.05, 4.69) is 5.32 Å². The Hall–Kier alpha value is -2.72. The molecule has 3 N–H and O–H groups in total. The van der Waals surface area contributed by atoms with Crippen molar-refractivity contribution in [2.24, 2.45) is 0 Å². The Morgan fingerprint density at radius 1 is 1.09 bits per heavy atom. The lowest BCUT2D eigenvalue weighted by Crippen LogP contribution is -2.12. The first kappa shape index (κ1) is 15.2. The fourth-order valence-corrected chi connectivity index (χ4v) is 2.34. The number of nitrogens with two attached hydrogens (primary N) is 1. The van der Waals surface area contributed by atoms with Crippen LogP contribution in [0.2, 0.25) is 5.02 Å². The summed E-state index contributed by atoms with van der Waals surface area (Å²) >= 11 is 5.86. The number of hydrogen-bond acceptors (Lipinski definition) is 3. The van der Waals surface area contributed by atoms with Gasteiger partial charge in [-0.25, -0.2) is 0 Å². The molecule has 0 aliphatic carbocycles. The van der Waals surface area contributed by atoms with Crippen LogP contribution < -0.4 is 11.1 Å². The third kappa shape index (κ3) is 3.38. The van der Waals surface area contributed by atoms with Gasteiger partial charge in [0.2, 0.25) is 0 Å². The van der Waals surface area contributed by atoms with Crippen molar-refractivity contribution in [1.29, 1.82) is 0 Å². The van der Waals surface area contributed by atoms with Crippen molar-refractivity contribution in [3.05, 3.63) is 70.9 Å². The van der Waals surface area contributed by atoms with Gasteiger partial charge in [-0.15, -0.1) is 0 Å². The molecule has 0 saturated heterocycles. The standard InChI is InChI=1S/C18H15ClN2O2/c1-11-2-7-15(14(20)10-11)21-18(22)17-9-8-16(23-17)12-3-5-13(19)6-4-12/h2-10H,20H2,1H3,(H,21,22). The highest BCUT2D eigenvalue weighted by Crippen LogP contribution is 2.25. The molecule has 4 nitrogen and oxygen atoms in total. The summed E-state index contributed by atoms with van der Waals surface area (Å²) in [6.45, 7) is 1.94. The minimum absolute atomic E-state index is 0.218. The van der Waals surface area contributed by atoms with Gasteiger partial charge in [0, 0.05) is 10.6 Å². The van der Waals surface area contributed by atoms with Crippen LogP contribution in [0.15, 0.2) is 59.0 Å². The van der Waals surface area contributed by atoms with Gasteiger partial charge >= 0.3 is 0 Å². The average Bonchev–Trinajstić information content (AvgIpc) is 3.01. The lowest BCUT2D eigenvalue weighted by molar-refractivity contribution is 0.0997. The number of aryl methyl sites for hydroxylation is 1. The molecule has 3 rings (SSSR count). The Balaban J connectivity index is 1.79. The van der Waals surface area contributed by atoms with Crippen LogP contribution in [-0.2, 0) is 0 Å². The fraction of sp³-hybridized carbons (Fsp3) is 0.0556. The molecule has 0 unspecified atom stereocenters. The molecule has 0 spiro atoms. The Morgan fingerprint density at radius 3 is 2.52 bits per heavy atom. The second kappa shape index (κ2) is 6.18. The van der Waals surface area contributed by atoms with E-state index in [1.54, 1.807) is 36.4 Å². The summed E-state index contributed by atoms with van der Waals surface area (Å²) in [5.74, 6) is 0.472. The number of furan rings is 1. The number of halogens is 1. The molecule has 0 saturated carbocycles. The predicted molar refractivity (Wildman–Crippen MR) is 92.7 cm³/mol. The fourth-order valence-electron chi connectivity index (χ4n) is 2.21. The summed E-state index contributed by atoms with van der Waals surface area (Å²) in [5, 5.41) is 3.40. The zero-order valence-electron chi connectivity index (χ0n) is 12.5. The average molecular weight is 327 g/mol. The molecule has 1 aromatic heterocycles. The number of hydrogen-bond donors (Lipinski definition) is 2. The summed E-state index contributed by atoms with van der Waals surface area (Å²) in [6.07, 6.45) is 0. The number of amides is 1. The Kier molecular flexibility index (Phi) is 4.08. The van der Waals surface area contributed by atoms with Crippen LogP contribution in [-0.4, -0.2) is 5.91 Å². The zero-order valence-corrected chi connectivity index (χ0v) is 13.2. The van der Waals surface area contributed by atoms with Crippen molar-refractivity contribution < 1.29 is 9.21 Å². The van der Waals surface area contributed by atoms with E-state index in [9.17, 15) is 4.79 Å². The van der Waals surface area contributed by atoms with E-state index in [1.807, 2.05) is 25.1 Å². The van der Waals surface area contributed by atoms with Gasteiger partial charge in [-0.05, 0) is 61.0 Å². The van der Waals surface area contributed by atoms with Gasteiger partial charge < -0.3 is 15.5 Å². The van der Waals surface area contributed by atoms with E-state index in [1.165, 1.54) is 0 Å². The summed E-state index contributed by atoms with van der Waals surface area (Å²) in [4.78, 5) is 12.3. The zero-order chi connectivity index (χ0) is 16.4. The lowest BCUT2D eigenvalue weighted by Gasteiger charge is -2.07. The van der Waals surface area contributed by atoms with E-state index < -0.39 is 0 Å². The van der Waals surface area contributed by atoms with Crippen LogP contribution in [0.5, 0.6) is 0 Å². The minimum Gasteiger partial charge on any atom is -0.451 e. The topological polar surface area (TPSA) is 68.3 Å². The molecule has 0 fully saturated rings. The Labute approximate surface area is 138 Å². The molecular formula is C18H15ClN2O2. The van der Waals surface area contributed by atoms with Gasteiger partial charge in [0.25, 0.3) is 5.91 Å². The maximum absolute atomic E-state index is 12.3. The van der Waals surface area contributed by atoms with Crippen LogP contribution in [0, 0.1) is 6.92 Å². The quantitative estimate of drug-likeness (QED) is 0.683. The maximum atomic E-state index is 12.3. The SMILES string of the molecule is Cc1ccc(NC(=O)c2ccc(-c3ccc(Cl)cc3)o2)c(N)c1. The number of benzene rings is 2.